The smallest absolute Gasteiger partial charge is 0.243 e. The Kier molecular flexibility index (Phi) is 5.50. The fraction of sp³-hybridized carbons (Fsp3) is 0.316. The molecule has 0 aromatic heterocycles. The molecule has 0 atom stereocenters. The number of carbonyl (C=O) groups is 1. The molecule has 1 N–H and O–H groups in total. The number of hydrogen-bond donors (Lipinski definition) is 1. The Bertz CT molecular complexity index is 896. The lowest BCUT2D eigenvalue weighted by Gasteiger charge is -2.43. The first-order valence-electron chi connectivity index (χ1n) is 8.42. The van der Waals surface area contributed by atoms with E-state index in [4.69, 9.17) is 0 Å². The first kappa shape index (κ1) is 19.1. The fourth-order valence-electron chi connectivity index (χ4n) is 3.17. The summed E-state index contributed by atoms with van der Waals surface area (Å²) in [5.74, 6) is -0.299. The van der Waals surface area contributed by atoms with Gasteiger partial charge in [-0.25, -0.2) is 8.42 Å². The summed E-state index contributed by atoms with van der Waals surface area (Å²) in [6.45, 7) is -0.215. The predicted molar refractivity (Wildman–Crippen MR) is 104 cm³/mol. The van der Waals surface area contributed by atoms with Crippen LogP contribution in [-0.2, 0) is 20.4 Å². The minimum absolute atomic E-state index is 0.181. The first-order chi connectivity index (χ1) is 12.3. The number of halogens is 1. The van der Waals surface area contributed by atoms with Crippen molar-refractivity contribution >= 4 is 31.9 Å². The van der Waals surface area contributed by atoms with Crippen molar-refractivity contribution in [1.82, 2.24) is 9.62 Å². The Morgan fingerprint density at radius 3 is 2.42 bits per heavy atom. The Morgan fingerprint density at radius 1 is 1.15 bits per heavy atom. The molecule has 1 saturated carbocycles. The van der Waals surface area contributed by atoms with Crippen molar-refractivity contribution in [3.63, 3.8) is 0 Å². The van der Waals surface area contributed by atoms with Gasteiger partial charge in [0.1, 0.15) is 0 Å². The average molecular weight is 437 g/mol. The zero-order valence-electron chi connectivity index (χ0n) is 14.5. The molecule has 0 radical (unpaired) electrons. The van der Waals surface area contributed by atoms with Gasteiger partial charge in [0.2, 0.25) is 15.9 Å². The maximum Gasteiger partial charge on any atom is 0.243 e. The monoisotopic (exact) mass is 436 g/mol. The summed E-state index contributed by atoms with van der Waals surface area (Å²) in [7, 11) is -2.26. The van der Waals surface area contributed by atoms with Crippen LogP contribution in [-0.4, -0.2) is 32.2 Å². The van der Waals surface area contributed by atoms with Crippen LogP contribution in [0.2, 0.25) is 0 Å². The van der Waals surface area contributed by atoms with Gasteiger partial charge in [-0.2, -0.15) is 4.31 Å². The van der Waals surface area contributed by atoms with E-state index in [1.54, 1.807) is 18.2 Å². The van der Waals surface area contributed by atoms with E-state index in [2.05, 4.69) is 21.2 Å². The summed E-state index contributed by atoms with van der Waals surface area (Å²) >= 11 is 3.47. The van der Waals surface area contributed by atoms with Crippen LogP contribution in [0.15, 0.2) is 64.0 Å². The van der Waals surface area contributed by atoms with Gasteiger partial charge in [-0.3, -0.25) is 4.79 Å². The van der Waals surface area contributed by atoms with E-state index >= 15 is 0 Å². The van der Waals surface area contributed by atoms with Crippen LogP contribution in [0.25, 0.3) is 0 Å². The normalized spacial score (nSPS) is 16.1. The van der Waals surface area contributed by atoms with Crippen LogP contribution in [0.1, 0.15) is 24.8 Å². The van der Waals surface area contributed by atoms with E-state index in [1.807, 2.05) is 24.3 Å². The van der Waals surface area contributed by atoms with Gasteiger partial charge in [-0.05, 0) is 49.1 Å². The Hall–Kier alpha value is -1.70. The number of sulfonamides is 1. The SMILES string of the molecule is CN(CC(=O)NC1(c2cccc(Br)c2)CCC1)S(=O)(=O)c1ccccc1. The Morgan fingerprint density at radius 2 is 1.85 bits per heavy atom. The van der Waals surface area contributed by atoms with E-state index in [-0.39, 0.29) is 17.3 Å². The standard InChI is InChI=1S/C19H21BrN2O3S/c1-22(26(24,25)17-9-3-2-4-10-17)14-18(23)21-19(11-6-12-19)15-7-5-8-16(20)13-15/h2-5,7-10,13H,6,11-12,14H2,1H3,(H,21,23). The third kappa shape index (κ3) is 3.84. The molecule has 7 heteroatoms. The topological polar surface area (TPSA) is 66.5 Å². The van der Waals surface area contributed by atoms with E-state index in [9.17, 15) is 13.2 Å². The van der Waals surface area contributed by atoms with Crippen LogP contribution < -0.4 is 5.32 Å². The van der Waals surface area contributed by atoms with Crippen molar-refractivity contribution in [3.05, 3.63) is 64.6 Å². The van der Waals surface area contributed by atoms with Gasteiger partial charge in [-0.15, -0.1) is 0 Å². The minimum Gasteiger partial charge on any atom is -0.345 e. The summed E-state index contributed by atoms with van der Waals surface area (Å²) in [6.07, 6.45) is 2.74. The molecular formula is C19H21BrN2O3S. The van der Waals surface area contributed by atoms with Gasteiger partial charge in [-0.1, -0.05) is 46.3 Å². The lowest BCUT2D eigenvalue weighted by molar-refractivity contribution is -0.124. The lowest BCUT2D eigenvalue weighted by Crippen LogP contribution is -2.53. The van der Waals surface area contributed by atoms with Crippen molar-refractivity contribution in [3.8, 4) is 0 Å². The number of nitrogens with zero attached hydrogens (tertiary/aromatic N) is 1. The maximum atomic E-state index is 12.6. The van der Waals surface area contributed by atoms with Crippen LogP contribution in [0.5, 0.6) is 0 Å². The zero-order valence-corrected chi connectivity index (χ0v) is 16.9. The fourth-order valence-corrected chi connectivity index (χ4v) is 4.72. The molecule has 1 aliphatic rings. The number of hydrogen-bond acceptors (Lipinski definition) is 3. The number of likely N-dealkylation sites (N-methyl/N-ethyl adjacent to an activating group) is 1. The van der Waals surface area contributed by atoms with Gasteiger partial charge >= 0.3 is 0 Å². The number of benzene rings is 2. The Labute approximate surface area is 162 Å². The van der Waals surface area contributed by atoms with E-state index in [0.29, 0.717) is 0 Å². The lowest BCUT2D eigenvalue weighted by atomic mass is 9.72. The molecule has 0 bridgehead atoms. The molecule has 5 nitrogen and oxygen atoms in total. The second-order valence-corrected chi connectivity index (χ2v) is 9.53. The highest BCUT2D eigenvalue weighted by Gasteiger charge is 2.40. The van der Waals surface area contributed by atoms with E-state index in [0.717, 1.165) is 33.6 Å². The molecule has 26 heavy (non-hydrogen) atoms. The number of carbonyl (C=O) groups excluding carboxylic acids is 1. The van der Waals surface area contributed by atoms with Crippen molar-refractivity contribution < 1.29 is 13.2 Å². The summed E-state index contributed by atoms with van der Waals surface area (Å²) < 4.78 is 27.2. The molecule has 0 spiro atoms. The molecule has 1 amide bonds. The molecule has 1 aliphatic carbocycles. The highest BCUT2D eigenvalue weighted by atomic mass is 79.9. The van der Waals surface area contributed by atoms with E-state index < -0.39 is 15.6 Å². The number of rotatable bonds is 6. The minimum atomic E-state index is -3.68. The van der Waals surface area contributed by atoms with Crippen LogP contribution in [0.3, 0.4) is 0 Å². The van der Waals surface area contributed by atoms with Gasteiger partial charge in [0.25, 0.3) is 0 Å². The maximum absolute atomic E-state index is 12.6. The highest BCUT2D eigenvalue weighted by molar-refractivity contribution is 9.10. The molecule has 0 unspecified atom stereocenters. The number of amides is 1. The van der Waals surface area contributed by atoms with Gasteiger partial charge in [0, 0.05) is 11.5 Å². The predicted octanol–water partition coefficient (Wildman–Crippen LogP) is 3.27. The molecule has 3 rings (SSSR count). The second-order valence-electron chi connectivity index (χ2n) is 6.57. The zero-order chi connectivity index (χ0) is 18.8. The molecule has 2 aromatic carbocycles. The van der Waals surface area contributed by atoms with E-state index in [1.165, 1.54) is 19.2 Å². The second kappa shape index (κ2) is 7.50. The highest BCUT2D eigenvalue weighted by Crippen LogP contribution is 2.41. The largest absolute Gasteiger partial charge is 0.345 e. The third-order valence-electron chi connectivity index (χ3n) is 4.78. The molecule has 138 valence electrons. The van der Waals surface area contributed by atoms with Crippen molar-refractivity contribution in [1.29, 1.82) is 0 Å². The quantitative estimate of drug-likeness (QED) is 0.755. The summed E-state index contributed by atoms with van der Waals surface area (Å²) in [4.78, 5) is 12.8. The Balaban J connectivity index is 1.72. The van der Waals surface area contributed by atoms with Gasteiger partial charge in [0.15, 0.2) is 0 Å². The molecule has 2 aromatic rings. The summed E-state index contributed by atoms with van der Waals surface area (Å²) in [6, 6.07) is 16.0. The van der Waals surface area contributed by atoms with Crippen LogP contribution in [0, 0.1) is 0 Å². The molecule has 0 heterocycles. The first-order valence-corrected chi connectivity index (χ1v) is 10.7. The van der Waals surface area contributed by atoms with Crippen molar-refractivity contribution in [2.45, 2.75) is 29.7 Å². The van der Waals surface area contributed by atoms with Crippen LogP contribution >= 0.6 is 15.9 Å². The summed E-state index contributed by atoms with van der Waals surface area (Å²) in [5, 5.41) is 3.06. The van der Waals surface area contributed by atoms with Crippen LogP contribution in [0.4, 0.5) is 0 Å². The molecular weight excluding hydrogens is 416 g/mol. The van der Waals surface area contributed by atoms with Crippen molar-refractivity contribution in [2.75, 3.05) is 13.6 Å². The van der Waals surface area contributed by atoms with Crippen molar-refractivity contribution in [2.24, 2.45) is 0 Å². The van der Waals surface area contributed by atoms with Gasteiger partial charge in [0.05, 0.1) is 17.0 Å². The number of nitrogens with one attached hydrogen (secondary N) is 1. The van der Waals surface area contributed by atoms with Gasteiger partial charge < -0.3 is 5.32 Å². The molecule has 0 aliphatic heterocycles. The molecule has 0 saturated heterocycles. The average Bonchev–Trinajstić information content (AvgIpc) is 2.58. The third-order valence-corrected chi connectivity index (χ3v) is 7.09. The summed E-state index contributed by atoms with van der Waals surface area (Å²) in [5.41, 5.74) is 0.637. The molecule has 1 fully saturated rings.